The quantitative estimate of drug-likeness (QED) is 0.571. The molecule has 0 saturated carbocycles. The monoisotopic (exact) mass is 416 g/mol. The van der Waals surface area contributed by atoms with Gasteiger partial charge in [-0.15, -0.1) is 0 Å². The van der Waals surface area contributed by atoms with E-state index in [2.05, 4.69) is 20.1 Å². The third-order valence-corrected chi connectivity index (χ3v) is 5.77. The molecule has 1 heterocycles. The summed E-state index contributed by atoms with van der Waals surface area (Å²) in [5.41, 5.74) is 2.72. The second-order valence-electron chi connectivity index (χ2n) is 7.25. The Hall–Kier alpha value is -2.74. The molecule has 0 radical (unpaired) electrons. The Kier molecular flexibility index (Phi) is 6.64. The van der Waals surface area contributed by atoms with Crippen LogP contribution in [0.25, 0.3) is 0 Å². The van der Waals surface area contributed by atoms with E-state index < -0.39 is 9.84 Å². The summed E-state index contributed by atoms with van der Waals surface area (Å²) in [6.07, 6.45) is 1.24. The van der Waals surface area contributed by atoms with Crippen molar-refractivity contribution in [2.75, 3.05) is 44.4 Å². The molecule has 29 heavy (non-hydrogen) atoms. The molecule has 0 spiro atoms. The van der Waals surface area contributed by atoms with Gasteiger partial charge in [-0.2, -0.15) is 0 Å². The predicted molar refractivity (Wildman–Crippen MR) is 117 cm³/mol. The van der Waals surface area contributed by atoms with Crippen LogP contribution in [0.1, 0.15) is 11.1 Å². The van der Waals surface area contributed by atoms with Gasteiger partial charge in [-0.3, -0.25) is 4.99 Å². The Balaban J connectivity index is 1.53. The number of para-hydroxylation sites is 2. The zero-order chi connectivity index (χ0) is 20.9. The minimum Gasteiger partial charge on any atom is -0.506 e. The zero-order valence-electron chi connectivity index (χ0n) is 16.9. The highest BCUT2D eigenvalue weighted by atomic mass is 32.2. The number of phenolic OH excluding ortho intramolecular Hbond substituents is 1. The summed E-state index contributed by atoms with van der Waals surface area (Å²) in [5.74, 6) is 1.20. The van der Waals surface area contributed by atoms with E-state index in [0.717, 1.165) is 49.0 Å². The fraction of sp³-hybridized carbons (Fsp3) is 0.381. The van der Waals surface area contributed by atoms with Crippen LogP contribution in [0.3, 0.4) is 0 Å². The molecule has 1 aliphatic heterocycles. The molecule has 0 aliphatic carbocycles. The first-order chi connectivity index (χ1) is 13.9. The van der Waals surface area contributed by atoms with Crippen molar-refractivity contribution in [1.82, 2.24) is 10.2 Å². The second-order valence-corrected chi connectivity index (χ2v) is 9.39. The molecule has 1 saturated heterocycles. The fourth-order valence-corrected chi connectivity index (χ4v) is 4.26. The Labute approximate surface area is 172 Å². The molecule has 0 aromatic heterocycles. The average Bonchev–Trinajstić information content (AvgIpc) is 2.69. The third kappa shape index (κ3) is 5.87. The fourth-order valence-electron chi connectivity index (χ4n) is 3.46. The van der Waals surface area contributed by atoms with Crippen molar-refractivity contribution in [2.45, 2.75) is 12.3 Å². The Morgan fingerprint density at radius 3 is 2.24 bits per heavy atom. The summed E-state index contributed by atoms with van der Waals surface area (Å²) in [6, 6.07) is 15.0. The number of aliphatic imine (C=N–C) groups is 1. The molecule has 2 N–H and O–H groups in total. The predicted octanol–water partition coefficient (Wildman–Crippen LogP) is 1.83. The van der Waals surface area contributed by atoms with Crippen LogP contribution < -0.4 is 10.2 Å². The van der Waals surface area contributed by atoms with Gasteiger partial charge in [-0.05, 0) is 23.3 Å². The van der Waals surface area contributed by atoms with E-state index in [1.54, 1.807) is 13.1 Å². The lowest BCUT2D eigenvalue weighted by Gasteiger charge is -2.37. The Morgan fingerprint density at radius 1 is 1.03 bits per heavy atom. The molecule has 0 bridgehead atoms. The smallest absolute Gasteiger partial charge is 0.194 e. The topological polar surface area (TPSA) is 85.2 Å². The maximum Gasteiger partial charge on any atom is 0.194 e. The van der Waals surface area contributed by atoms with Gasteiger partial charge in [0.1, 0.15) is 5.75 Å². The number of hydrogen-bond acceptors (Lipinski definition) is 5. The maximum atomic E-state index is 11.4. The van der Waals surface area contributed by atoms with Crippen LogP contribution in [-0.4, -0.2) is 63.9 Å². The summed E-state index contributed by atoms with van der Waals surface area (Å²) in [6.45, 7) is 3.84. The van der Waals surface area contributed by atoms with Gasteiger partial charge in [0, 0.05) is 46.0 Å². The number of nitrogens with zero attached hydrogens (tertiary/aromatic N) is 3. The van der Waals surface area contributed by atoms with Crippen LogP contribution in [0, 0.1) is 0 Å². The van der Waals surface area contributed by atoms with Crippen molar-refractivity contribution < 1.29 is 13.5 Å². The van der Waals surface area contributed by atoms with Crippen molar-refractivity contribution in [3.63, 3.8) is 0 Å². The minimum absolute atomic E-state index is 0.0592. The van der Waals surface area contributed by atoms with Gasteiger partial charge >= 0.3 is 0 Å². The van der Waals surface area contributed by atoms with Crippen molar-refractivity contribution in [2.24, 2.45) is 4.99 Å². The molecular formula is C21H28N4O3S. The lowest BCUT2D eigenvalue weighted by atomic mass is 10.1. The van der Waals surface area contributed by atoms with Gasteiger partial charge in [-0.25, -0.2) is 8.42 Å². The molecule has 156 valence electrons. The maximum absolute atomic E-state index is 11.4. The average molecular weight is 417 g/mol. The summed E-state index contributed by atoms with van der Waals surface area (Å²) in [7, 11) is -1.25. The molecule has 2 aromatic carbocycles. The largest absolute Gasteiger partial charge is 0.506 e. The van der Waals surface area contributed by atoms with Crippen molar-refractivity contribution in [3.05, 3.63) is 59.7 Å². The van der Waals surface area contributed by atoms with E-state index in [9.17, 15) is 13.5 Å². The van der Waals surface area contributed by atoms with Crippen LogP contribution in [0.5, 0.6) is 5.75 Å². The van der Waals surface area contributed by atoms with E-state index >= 15 is 0 Å². The lowest BCUT2D eigenvalue weighted by molar-refractivity contribution is 0.369. The number of rotatable bonds is 5. The number of nitrogens with one attached hydrogen (secondary N) is 1. The molecular weight excluding hydrogens is 388 g/mol. The highest BCUT2D eigenvalue weighted by Crippen LogP contribution is 2.27. The van der Waals surface area contributed by atoms with Crippen LogP contribution in [0.4, 0.5) is 5.69 Å². The van der Waals surface area contributed by atoms with E-state index in [4.69, 9.17) is 0 Å². The lowest BCUT2D eigenvalue weighted by Crippen LogP contribution is -2.52. The zero-order valence-corrected chi connectivity index (χ0v) is 17.7. The van der Waals surface area contributed by atoms with Gasteiger partial charge in [0.2, 0.25) is 0 Å². The molecule has 2 aromatic rings. The normalized spacial score (nSPS) is 15.4. The number of guanidine groups is 1. The molecule has 1 aliphatic rings. The molecule has 0 unspecified atom stereocenters. The van der Waals surface area contributed by atoms with Gasteiger partial charge in [0.25, 0.3) is 0 Å². The summed E-state index contributed by atoms with van der Waals surface area (Å²) < 4.78 is 22.8. The molecule has 3 rings (SSSR count). The highest BCUT2D eigenvalue weighted by molar-refractivity contribution is 7.89. The SMILES string of the molecule is CN=C(NCc1ccc(CS(C)(=O)=O)cc1)N1CCN(c2ccccc2O)CC1. The summed E-state index contributed by atoms with van der Waals surface area (Å²) >= 11 is 0. The number of piperazine rings is 1. The van der Waals surface area contributed by atoms with Crippen molar-refractivity contribution in [3.8, 4) is 5.75 Å². The van der Waals surface area contributed by atoms with E-state index in [1.807, 2.05) is 42.5 Å². The molecule has 0 amide bonds. The van der Waals surface area contributed by atoms with E-state index in [-0.39, 0.29) is 5.75 Å². The number of anilines is 1. The number of aromatic hydroxyl groups is 1. The van der Waals surface area contributed by atoms with Gasteiger partial charge < -0.3 is 20.2 Å². The number of phenols is 1. The van der Waals surface area contributed by atoms with Gasteiger partial charge in [0.15, 0.2) is 15.8 Å². The van der Waals surface area contributed by atoms with Crippen molar-refractivity contribution >= 4 is 21.5 Å². The number of benzene rings is 2. The van der Waals surface area contributed by atoms with Gasteiger partial charge in [-0.1, -0.05) is 36.4 Å². The first-order valence-electron chi connectivity index (χ1n) is 9.60. The standard InChI is InChI=1S/C21H28N4O3S/c1-22-21(23-15-17-7-9-18(10-8-17)16-29(2,27)28)25-13-11-24(12-14-25)19-5-3-4-6-20(19)26/h3-10,26H,11-16H2,1-2H3,(H,22,23). The molecule has 8 heteroatoms. The number of hydrogen-bond donors (Lipinski definition) is 2. The Bertz CT molecular complexity index is 950. The molecule has 1 fully saturated rings. The van der Waals surface area contributed by atoms with Crippen LogP contribution in [0.15, 0.2) is 53.5 Å². The van der Waals surface area contributed by atoms with Gasteiger partial charge in [0.05, 0.1) is 11.4 Å². The first-order valence-corrected chi connectivity index (χ1v) is 11.7. The second kappa shape index (κ2) is 9.17. The molecule has 7 nitrogen and oxygen atoms in total. The Morgan fingerprint density at radius 2 is 1.66 bits per heavy atom. The first kappa shape index (κ1) is 21.0. The van der Waals surface area contributed by atoms with Crippen LogP contribution >= 0.6 is 0 Å². The summed E-state index contributed by atoms with van der Waals surface area (Å²) in [5, 5.41) is 13.4. The van der Waals surface area contributed by atoms with E-state index in [0.29, 0.717) is 12.3 Å². The van der Waals surface area contributed by atoms with Crippen LogP contribution in [0.2, 0.25) is 0 Å². The molecule has 0 atom stereocenters. The highest BCUT2D eigenvalue weighted by Gasteiger charge is 2.21. The third-order valence-electron chi connectivity index (χ3n) is 4.92. The van der Waals surface area contributed by atoms with Crippen molar-refractivity contribution in [1.29, 1.82) is 0 Å². The summed E-state index contributed by atoms with van der Waals surface area (Å²) in [4.78, 5) is 8.78. The van der Waals surface area contributed by atoms with E-state index in [1.165, 1.54) is 6.26 Å². The van der Waals surface area contributed by atoms with Crippen LogP contribution in [-0.2, 0) is 22.1 Å². The minimum atomic E-state index is -3.02. The number of sulfone groups is 1.